The number of anilines is 1. The van der Waals surface area contributed by atoms with E-state index in [1.807, 2.05) is 10.3 Å². The third-order valence-electron chi connectivity index (χ3n) is 5.22. The monoisotopic (exact) mass is 432 g/mol. The summed E-state index contributed by atoms with van der Waals surface area (Å²) in [5.41, 5.74) is 4.31. The zero-order chi connectivity index (χ0) is 21.6. The molecule has 0 radical (unpaired) electrons. The van der Waals surface area contributed by atoms with Gasteiger partial charge in [0.15, 0.2) is 0 Å². The molecular weight excluding hydrogens is 408 g/mol. The molecule has 2 aromatic rings. The minimum atomic E-state index is 0.240. The fourth-order valence-electron chi connectivity index (χ4n) is 3.51. The molecule has 2 aliphatic rings. The normalized spacial score (nSPS) is 17.2. The van der Waals surface area contributed by atoms with Crippen LogP contribution in [0.3, 0.4) is 0 Å². The minimum absolute atomic E-state index is 0.240. The Morgan fingerprint density at radius 1 is 1.32 bits per heavy atom. The number of amides is 1. The molecule has 0 bridgehead atoms. The Labute approximate surface area is 186 Å². The van der Waals surface area contributed by atoms with Crippen molar-refractivity contribution in [2.24, 2.45) is 0 Å². The fraction of sp³-hybridized carbons (Fsp3) is 0.304. The molecule has 2 N–H and O–H groups in total. The molecule has 8 heteroatoms. The molecule has 1 fully saturated rings. The van der Waals surface area contributed by atoms with Gasteiger partial charge in [-0.25, -0.2) is 9.97 Å². The Hall–Kier alpha value is -3.31. The van der Waals surface area contributed by atoms with Crippen LogP contribution in [-0.4, -0.2) is 40.4 Å². The molecule has 4 rings (SSSR count). The van der Waals surface area contributed by atoms with Crippen LogP contribution in [0.2, 0.25) is 0 Å². The second kappa shape index (κ2) is 9.67. The van der Waals surface area contributed by atoms with Gasteiger partial charge in [-0.05, 0) is 31.4 Å². The van der Waals surface area contributed by atoms with Crippen molar-refractivity contribution in [1.82, 2.24) is 20.2 Å². The number of likely N-dealkylation sites (tertiary alicyclic amines) is 1. The van der Waals surface area contributed by atoms with Crippen LogP contribution in [0.5, 0.6) is 0 Å². The Balaban J connectivity index is 1.39. The van der Waals surface area contributed by atoms with E-state index in [1.165, 1.54) is 17.3 Å². The summed E-state index contributed by atoms with van der Waals surface area (Å²) < 4.78 is 0. The lowest BCUT2D eigenvalue weighted by atomic mass is 10.1. The highest BCUT2D eigenvalue weighted by Gasteiger charge is 2.20. The zero-order valence-corrected chi connectivity index (χ0v) is 18.2. The van der Waals surface area contributed by atoms with E-state index in [0.29, 0.717) is 30.2 Å². The summed E-state index contributed by atoms with van der Waals surface area (Å²) >= 11 is 1.48. The lowest BCUT2D eigenvalue weighted by Gasteiger charge is -2.15. The highest BCUT2D eigenvalue weighted by atomic mass is 32.2. The summed E-state index contributed by atoms with van der Waals surface area (Å²) in [6.45, 7) is 4.32. The zero-order valence-electron chi connectivity index (χ0n) is 17.4. The van der Waals surface area contributed by atoms with Crippen LogP contribution in [0.15, 0.2) is 47.0 Å². The van der Waals surface area contributed by atoms with Crippen LogP contribution in [0, 0.1) is 18.3 Å². The summed E-state index contributed by atoms with van der Waals surface area (Å²) in [6, 6.07) is 12.3. The number of carbonyl (C=O) groups excluding carboxylic acids is 1. The SMILES string of the molecule is Cc1ccc(C2=CS/C(=C(/C#N)c3ccnc(NCCCN4CCCC4=O)n3)N2)cc1. The number of allylic oxidation sites excluding steroid dienone is 1. The molecule has 1 amide bonds. The molecule has 158 valence electrons. The van der Waals surface area contributed by atoms with Gasteiger partial charge in [0.2, 0.25) is 11.9 Å². The molecule has 1 saturated heterocycles. The van der Waals surface area contributed by atoms with Gasteiger partial charge in [-0.2, -0.15) is 5.26 Å². The largest absolute Gasteiger partial charge is 0.354 e. The van der Waals surface area contributed by atoms with Crippen molar-refractivity contribution in [1.29, 1.82) is 5.26 Å². The van der Waals surface area contributed by atoms with Crippen molar-refractivity contribution in [2.45, 2.75) is 26.2 Å². The average Bonchev–Trinajstić information content (AvgIpc) is 3.42. The van der Waals surface area contributed by atoms with Gasteiger partial charge in [0.1, 0.15) is 11.6 Å². The van der Waals surface area contributed by atoms with E-state index in [-0.39, 0.29) is 5.91 Å². The van der Waals surface area contributed by atoms with Crippen molar-refractivity contribution < 1.29 is 4.79 Å². The summed E-state index contributed by atoms with van der Waals surface area (Å²) in [5.74, 6) is 0.719. The summed E-state index contributed by atoms with van der Waals surface area (Å²) in [6.07, 6.45) is 4.10. The summed E-state index contributed by atoms with van der Waals surface area (Å²) in [5, 5.41) is 19.1. The Kier molecular flexibility index (Phi) is 6.53. The predicted octanol–water partition coefficient (Wildman–Crippen LogP) is 3.74. The molecule has 0 unspecified atom stereocenters. The van der Waals surface area contributed by atoms with Crippen molar-refractivity contribution >= 4 is 34.9 Å². The maximum absolute atomic E-state index is 11.7. The van der Waals surface area contributed by atoms with E-state index < -0.39 is 0 Å². The second-order valence-electron chi connectivity index (χ2n) is 7.49. The van der Waals surface area contributed by atoms with Gasteiger partial charge < -0.3 is 15.5 Å². The molecule has 7 nitrogen and oxygen atoms in total. The first-order valence-corrected chi connectivity index (χ1v) is 11.2. The molecule has 0 atom stereocenters. The maximum Gasteiger partial charge on any atom is 0.223 e. The van der Waals surface area contributed by atoms with Crippen molar-refractivity contribution in [3.63, 3.8) is 0 Å². The highest BCUT2D eigenvalue weighted by molar-refractivity contribution is 8.06. The van der Waals surface area contributed by atoms with Gasteiger partial charge in [0, 0.05) is 37.7 Å². The van der Waals surface area contributed by atoms with Crippen molar-refractivity contribution in [3.05, 3.63) is 63.8 Å². The third-order valence-corrected chi connectivity index (χ3v) is 6.11. The second-order valence-corrected chi connectivity index (χ2v) is 8.37. The molecule has 0 saturated carbocycles. The van der Waals surface area contributed by atoms with Crippen LogP contribution in [0.25, 0.3) is 11.3 Å². The van der Waals surface area contributed by atoms with E-state index in [2.05, 4.69) is 57.9 Å². The quantitative estimate of drug-likeness (QED) is 0.508. The van der Waals surface area contributed by atoms with E-state index in [9.17, 15) is 10.1 Å². The first kappa shape index (κ1) is 20.9. The Morgan fingerprint density at radius 3 is 2.90 bits per heavy atom. The van der Waals surface area contributed by atoms with E-state index >= 15 is 0 Å². The number of hydrogen-bond donors (Lipinski definition) is 2. The number of aryl methyl sites for hydroxylation is 1. The lowest BCUT2D eigenvalue weighted by Crippen LogP contribution is -2.27. The van der Waals surface area contributed by atoms with Crippen molar-refractivity contribution in [2.75, 3.05) is 25.0 Å². The predicted molar refractivity (Wildman–Crippen MR) is 123 cm³/mol. The van der Waals surface area contributed by atoms with E-state index in [4.69, 9.17) is 0 Å². The van der Waals surface area contributed by atoms with Gasteiger partial charge in [-0.15, -0.1) is 0 Å². The number of benzene rings is 1. The Morgan fingerprint density at radius 2 is 2.16 bits per heavy atom. The number of nitrogens with one attached hydrogen (secondary N) is 2. The van der Waals surface area contributed by atoms with E-state index in [0.717, 1.165) is 42.2 Å². The molecule has 2 aliphatic heterocycles. The first-order valence-electron chi connectivity index (χ1n) is 10.3. The number of thioether (sulfide) groups is 1. The van der Waals surface area contributed by atoms with Crippen LogP contribution in [0.1, 0.15) is 36.1 Å². The first-order chi connectivity index (χ1) is 15.1. The van der Waals surface area contributed by atoms with Crippen LogP contribution in [0.4, 0.5) is 5.95 Å². The molecule has 1 aromatic carbocycles. The number of carbonyl (C=O) groups is 1. The Bertz CT molecular complexity index is 1070. The van der Waals surface area contributed by atoms with Gasteiger partial charge in [0.05, 0.1) is 16.4 Å². The van der Waals surface area contributed by atoms with Gasteiger partial charge >= 0.3 is 0 Å². The molecule has 0 aliphatic carbocycles. The van der Waals surface area contributed by atoms with Gasteiger partial charge in [0.25, 0.3) is 0 Å². The number of hydrogen-bond acceptors (Lipinski definition) is 7. The average molecular weight is 433 g/mol. The molecule has 1 aromatic heterocycles. The summed E-state index contributed by atoms with van der Waals surface area (Å²) in [7, 11) is 0. The molecule has 31 heavy (non-hydrogen) atoms. The van der Waals surface area contributed by atoms with E-state index in [1.54, 1.807) is 12.3 Å². The molecule has 3 heterocycles. The van der Waals surface area contributed by atoms with Crippen LogP contribution in [-0.2, 0) is 4.79 Å². The van der Waals surface area contributed by atoms with Crippen molar-refractivity contribution in [3.8, 4) is 6.07 Å². The van der Waals surface area contributed by atoms with Crippen LogP contribution >= 0.6 is 11.8 Å². The van der Waals surface area contributed by atoms with Crippen LogP contribution < -0.4 is 10.6 Å². The smallest absolute Gasteiger partial charge is 0.223 e. The maximum atomic E-state index is 11.7. The van der Waals surface area contributed by atoms with Gasteiger partial charge in [-0.3, -0.25) is 4.79 Å². The number of nitriles is 1. The topological polar surface area (TPSA) is 93.9 Å². The fourth-order valence-corrected chi connectivity index (χ4v) is 4.38. The summed E-state index contributed by atoms with van der Waals surface area (Å²) in [4.78, 5) is 22.4. The van der Waals surface area contributed by atoms with Gasteiger partial charge in [-0.1, -0.05) is 41.6 Å². The number of rotatable bonds is 7. The molecule has 0 spiro atoms. The third kappa shape index (κ3) is 5.06. The highest BCUT2D eigenvalue weighted by Crippen LogP contribution is 2.34. The number of nitrogens with zero attached hydrogens (tertiary/aromatic N) is 4. The standard InChI is InChI=1S/C23H24N6OS/c1-16-5-7-17(8-6-16)20-15-31-22(27-20)18(14-24)19-9-11-26-23(28-19)25-10-3-13-29-12-2-4-21(29)30/h5-9,11,15,27H,2-4,10,12-13H2,1H3,(H,25,26,28)/b22-18-. The molecular formula is C23H24N6OS. The minimum Gasteiger partial charge on any atom is -0.354 e. The number of aromatic nitrogens is 2. The lowest BCUT2D eigenvalue weighted by molar-refractivity contribution is -0.127.